The van der Waals surface area contributed by atoms with Gasteiger partial charge in [0.25, 0.3) is 0 Å². The Morgan fingerprint density at radius 1 is 1.04 bits per heavy atom. The molecular formula is C17H11F3N4O2S2. The number of hydrogen-bond acceptors (Lipinski definition) is 5. The predicted molar refractivity (Wildman–Crippen MR) is 98.6 cm³/mol. The van der Waals surface area contributed by atoms with E-state index in [2.05, 4.69) is 10.1 Å². The summed E-state index contributed by atoms with van der Waals surface area (Å²) < 4.78 is 64.5. The molecule has 0 radical (unpaired) electrons. The quantitative estimate of drug-likeness (QED) is 0.541. The summed E-state index contributed by atoms with van der Waals surface area (Å²) in [6.07, 6.45) is -4.64. The van der Waals surface area contributed by atoms with Crippen molar-refractivity contribution >= 4 is 31.6 Å². The normalized spacial score (nSPS) is 12.6. The summed E-state index contributed by atoms with van der Waals surface area (Å²) in [6.45, 7) is 0. The summed E-state index contributed by atoms with van der Waals surface area (Å²) in [5, 5.41) is 9.09. The summed E-state index contributed by atoms with van der Waals surface area (Å²) in [7, 11) is -3.92. The molecule has 0 aliphatic carbocycles. The second-order valence-electron chi connectivity index (χ2n) is 5.85. The van der Waals surface area contributed by atoms with Crippen molar-refractivity contribution in [2.45, 2.75) is 11.1 Å². The van der Waals surface area contributed by atoms with E-state index in [4.69, 9.17) is 5.14 Å². The third kappa shape index (κ3) is 3.39. The van der Waals surface area contributed by atoms with E-state index in [1.54, 1.807) is 12.1 Å². The number of fused-ring (bicyclic) bond motifs is 1. The SMILES string of the molecule is NS(=O)(=O)c1ccc(-n2nc(C(F)(F)F)cc2-c2nc3ccccc3s2)cc1. The molecule has 0 aliphatic rings. The number of para-hydroxylation sites is 1. The molecule has 0 saturated carbocycles. The molecule has 0 fully saturated rings. The first-order valence-electron chi connectivity index (χ1n) is 7.79. The van der Waals surface area contributed by atoms with Crippen LogP contribution in [-0.2, 0) is 16.2 Å². The molecule has 0 amide bonds. The van der Waals surface area contributed by atoms with E-state index >= 15 is 0 Å². The number of primary sulfonamides is 1. The lowest BCUT2D eigenvalue weighted by molar-refractivity contribution is -0.141. The minimum Gasteiger partial charge on any atom is -0.234 e. The second kappa shape index (κ2) is 6.40. The summed E-state index contributed by atoms with van der Waals surface area (Å²) in [4.78, 5) is 4.24. The van der Waals surface area contributed by atoms with Crippen LogP contribution in [-0.4, -0.2) is 23.2 Å². The van der Waals surface area contributed by atoms with Crippen LogP contribution in [0.25, 0.3) is 26.6 Å². The van der Waals surface area contributed by atoms with Gasteiger partial charge in [-0.2, -0.15) is 18.3 Å². The molecule has 0 unspecified atom stereocenters. The lowest BCUT2D eigenvalue weighted by Crippen LogP contribution is -2.12. The first kappa shape index (κ1) is 18.6. The molecule has 2 N–H and O–H groups in total. The maximum absolute atomic E-state index is 13.2. The Balaban J connectivity index is 1.89. The predicted octanol–water partition coefficient (Wildman–Crippen LogP) is 3.82. The van der Waals surface area contributed by atoms with Gasteiger partial charge in [0.2, 0.25) is 10.0 Å². The molecule has 2 heterocycles. The third-order valence-electron chi connectivity index (χ3n) is 3.92. The number of hydrogen-bond donors (Lipinski definition) is 1. The number of thiazole rings is 1. The highest BCUT2D eigenvalue weighted by atomic mass is 32.2. The van der Waals surface area contributed by atoms with Crippen molar-refractivity contribution in [1.29, 1.82) is 0 Å². The number of alkyl halides is 3. The van der Waals surface area contributed by atoms with E-state index in [1.165, 1.54) is 35.6 Å². The number of aromatic nitrogens is 3. The van der Waals surface area contributed by atoms with Gasteiger partial charge in [-0.05, 0) is 42.5 Å². The van der Waals surface area contributed by atoms with Gasteiger partial charge in [0, 0.05) is 0 Å². The molecule has 0 atom stereocenters. The van der Waals surface area contributed by atoms with Gasteiger partial charge in [-0.3, -0.25) is 0 Å². The Labute approximate surface area is 161 Å². The third-order valence-corrected chi connectivity index (χ3v) is 5.91. The number of nitrogens with zero attached hydrogens (tertiary/aromatic N) is 3. The van der Waals surface area contributed by atoms with Gasteiger partial charge in [-0.25, -0.2) is 23.2 Å². The van der Waals surface area contributed by atoms with Gasteiger partial charge >= 0.3 is 6.18 Å². The first-order valence-corrected chi connectivity index (χ1v) is 10.2. The van der Waals surface area contributed by atoms with E-state index in [0.717, 1.165) is 15.4 Å². The molecule has 2 aromatic heterocycles. The Hall–Kier alpha value is -2.76. The van der Waals surface area contributed by atoms with Crippen LogP contribution in [0.2, 0.25) is 0 Å². The molecule has 144 valence electrons. The number of benzene rings is 2. The smallest absolute Gasteiger partial charge is 0.234 e. The fraction of sp³-hybridized carbons (Fsp3) is 0.0588. The van der Waals surface area contributed by atoms with Crippen LogP contribution >= 0.6 is 11.3 Å². The van der Waals surface area contributed by atoms with Crippen molar-refractivity contribution in [1.82, 2.24) is 14.8 Å². The van der Waals surface area contributed by atoms with Crippen molar-refractivity contribution in [2.75, 3.05) is 0 Å². The zero-order valence-electron chi connectivity index (χ0n) is 13.9. The molecular weight excluding hydrogens is 413 g/mol. The second-order valence-corrected chi connectivity index (χ2v) is 8.44. The molecule has 28 heavy (non-hydrogen) atoms. The van der Waals surface area contributed by atoms with Crippen LogP contribution in [0, 0.1) is 0 Å². The summed E-state index contributed by atoms with van der Waals surface area (Å²) in [6, 6.07) is 13.2. The zero-order valence-corrected chi connectivity index (χ0v) is 15.5. The van der Waals surface area contributed by atoms with Crippen molar-refractivity contribution in [2.24, 2.45) is 5.14 Å². The molecule has 11 heteroatoms. The summed E-state index contributed by atoms with van der Waals surface area (Å²) in [5.74, 6) is 0. The molecule has 4 aromatic rings. The standard InChI is InChI=1S/C17H11F3N4O2S2/c18-17(19,20)15-9-13(16-22-12-3-1-2-4-14(12)27-16)24(23-15)10-5-7-11(8-6-10)28(21,25)26/h1-9H,(H2,21,25,26). The highest BCUT2D eigenvalue weighted by Crippen LogP contribution is 2.36. The Kier molecular flexibility index (Phi) is 4.25. The minimum atomic E-state index is -4.64. The van der Waals surface area contributed by atoms with Gasteiger partial charge < -0.3 is 0 Å². The van der Waals surface area contributed by atoms with Crippen molar-refractivity contribution < 1.29 is 21.6 Å². The minimum absolute atomic E-state index is 0.150. The number of halogens is 3. The molecule has 0 aliphatic heterocycles. The highest BCUT2D eigenvalue weighted by molar-refractivity contribution is 7.89. The Morgan fingerprint density at radius 3 is 2.32 bits per heavy atom. The number of sulfonamides is 1. The van der Waals surface area contributed by atoms with Crippen LogP contribution in [0.1, 0.15) is 5.69 Å². The average Bonchev–Trinajstić information content (AvgIpc) is 3.25. The van der Waals surface area contributed by atoms with Gasteiger partial charge in [-0.1, -0.05) is 12.1 Å². The van der Waals surface area contributed by atoms with E-state index in [0.29, 0.717) is 10.5 Å². The van der Waals surface area contributed by atoms with Crippen LogP contribution in [0.4, 0.5) is 13.2 Å². The van der Waals surface area contributed by atoms with Crippen LogP contribution < -0.4 is 5.14 Å². The van der Waals surface area contributed by atoms with Gasteiger partial charge in [0.1, 0.15) is 10.7 Å². The maximum atomic E-state index is 13.2. The van der Waals surface area contributed by atoms with E-state index < -0.39 is 21.9 Å². The first-order chi connectivity index (χ1) is 13.1. The zero-order chi connectivity index (χ0) is 20.1. The molecule has 6 nitrogen and oxygen atoms in total. The molecule has 4 rings (SSSR count). The molecule has 0 saturated heterocycles. The van der Waals surface area contributed by atoms with Crippen molar-refractivity contribution in [3.05, 3.63) is 60.3 Å². The van der Waals surface area contributed by atoms with Crippen molar-refractivity contribution in [3.8, 4) is 16.4 Å². The van der Waals surface area contributed by atoms with E-state index in [1.807, 2.05) is 12.1 Å². The molecule has 0 bridgehead atoms. The molecule has 0 spiro atoms. The largest absolute Gasteiger partial charge is 0.435 e. The van der Waals surface area contributed by atoms with Gasteiger partial charge in [-0.15, -0.1) is 11.3 Å². The highest BCUT2D eigenvalue weighted by Gasteiger charge is 2.35. The fourth-order valence-electron chi connectivity index (χ4n) is 2.63. The maximum Gasteiger partial charge on any atom is 0.435 e. The summed E-state index contributed by atoms with van der Waals surface area (Å²) >= 11 is 1.24. The number of nitrogens with two attached hydrogens (primary N) is 1. The van der Waals surface area contributed by atoms with Gasteiger partial charge in [0.05, 0.1) is 20.8 Å². The van der Waals surface area contributed by atoms with Gasteiger partial charge in [0.15, 0.2) is 5.69 Å². The van der Waals surface area contributed by atoms with Crippen LogP contribution in [0.3, 0.4) is 0 Å². The lowest BCUT2D eigenvalue weighted by Gasteiger charge is -2.06. The van der Waals surface area contributed by atoms with E-state index in [-0.39, 0.29) is 16.3 Å². The monoisotopic (exact) mass is 424 g/mol. The Morgan fingerprint density at radius 2 is 1.71 bits per heavy atom. The van der Waals surface area contributed by atoms with Crippen molar-refractivity contribution in [3.63, 3.8) is 0 Å². The fourth-order valence-corrected chi connectivity index (χ4v) is 4.11. The van der Waals surface area contributed by atoms with Crippen LogP contribution in [0.15, 0.2) is 59.5 Å². The summed E-state index contributed by atoms with van der Waals surface area (Å²) in [5.41, 5.74) is -0.0142. The number of rotatable bonds is 3. The topological polar surface area (TPSA) is 90.9 Å². The van der Waals surface area contributed by atoms with E-state index in [9.17, 15) is 21.6 Å². The Bertz CT molecular complexity index is 1240. The average molecular weight is 424 g/mol. The lowest BCUT2D eigenvalue weighted by atomic mass is 10.3. The van der Waals surface area contributed by atoms with Crippen LogP contribution in [0.5, 0.6) is 0 Å². The molecule has 2 aromatic carbocycles.